The third-order valence-corrected chi connectivity index (χ3v) is 2.31. The molecule has 1 aromatic rings. The second kappa shape index (κ2) is 5.03. The summed E-state index contributed by atoms with van der Waals surface area (Å²) >= 11 is 0. The lowest BCUT2D eigenvalue weighted by molar-refractivity contribution is -0.142. The fraction of sp³-hybridized carbons (Fsp3) is 0.364. The van der Waals surface area contributed by atoms with Gasteiger partial charge in [-0.15, -0.1) is 0 Å². The number of aryl methyl sites for hydroxylation is 1. The van der Waals surface area contributed by atoms with Crippen LogP contribution in [0.3, 0.4) is 0 Å². The normalized spacial score (nSPS) is 12.3. The van der Waals surface area contributed by atoms with E-state index in [1.165, 1.54) is 20.1 Å². The zero-order valence-corrected chi connectivity index (χ0v) is 9.09. The summed E-state index contributed by atoms with van der Waals surface area (Å²) in [6.07, 6.45) is -0.216. The Bertz CT molecular complexity index is 407. The van der Waals surface area contributed by atoms with E-state index in [1.54, 1.807) is 0 Å². The summed E-state index contributed by atoms with van der Waals surface area (Å²) in [5, 5.41) is 0. The lowest BCUT2D eigenvalue weighted by atomic mass is 10.0. The van der Waals surface area contributed by atoms with Crippen LogP contribution in [0.25, 0.3) is 0 Å². The lowest BCUT2D eigenvalue weighted by Crippen LogP contribution is -2.34. The summed E-state index contributed by atoms with van der Waals surface area (Å²) in [4.78, 5) is 11.0. The van der Waals surface area contributed by atoms with E-state index in [-0.39, 0.29) is 12.0 Å². The standard InChI is InChI=1S/C11H13F2NO2/c1-6-3-4-8(12)7(10(6)13)5-9(14)11(15)16-2/h3-4,9H,5,14H2,1-2H3/t9-/m1/s1. The molecule has 0 aliphatic rings. The molecule has 0 bridgehead atoms. The van der Waals surface area contributed by atoms with Crippen molar-refractivity contribution in [2.24, 2.45) is 5.73 Å². The van der Waals surface area contributed by atoms with E-state index >= 15 is 0 Å². The molecule has 0 aromatic heterocycles. The zero-order chi connectivity index (χ0) is 12.3. The molecular weight excluding hydrogens is 216 g/mol. The molecule has 1 aromatic carbocycles. The molecule has 0 heterocycles. The van der Waals surface area contributed by atoms with Crippen molar-refractivity contribution in [2.45, 2.75) is 19.4 Å². The number of halogens is 2. The Morgan fingerprint density at radius 3 is 2.69 bits per heavy atom. The van der Waals surface area contributed by atoms with Crippen LogP contribution in [0.15, 0.2) is 12.1 Å². The summed E-state index contributed by atoms with van der Waals surface area (Å²) in [7, 11) is 1.17. The predicted molar refractivity (Wildman–Crippen MR) is 54.8 cm³/mol. The van der Waals surface area contributed by atoms with Crippen molar-refractivity contribution in [1.29, 1.82) is 0 Å². The summed E-state index contributed by atoms with van der Waals surface area (Å²) in [5.41, 5.74) is 5.57. The summed E-state index contributed by atoms with van der Waals surface area (Å²) in [5.74, 6) is -2.07. The first-order valence-electron chi connectivity index (χ1n) is 4.74. The molecule has 0 aliphatic carbocycles. The number of benzene rings is 1. The Morgan fingerprint density at radius 2 is 2.12 bits per heavy atom. The van der Waals surface area contributed by atoms with Crippen LogP contribution in [0, 0.1) is 18.6 Å². The number of ether oxygens (including phenoxy) is 1. The quantitative estimate of drug-likeness (QED) is 0.795. The van der Waals surface area contributed by atoms with Gasteiger partial charge in [0.1, 0.15) is 17.7 Å². The zero-order valence-electron chi connectivity index (χ0n) is 9.09. The predicted octanol–water partition coefficient (Wildman–Crippen LogP) is 1.32. The number of carbonyl (C=O) groups excluding carboxylic acids is 1. The molecule has 0 saturated carbocycles. The van der Waals surface area contributed by atoms with E-state index in [9.17, 15) is 13.6 Å². The van der Waals surface area contributed by atoms with Crippen molar-refractivity contribution in [2.75, 3.05) is 7.11 Å². The van der Waals surface area contributed by atoms with Crippen molar-refractivity contribution < 1.29 is 18.3 Å². The molecule has 0 fully saturated rings. The van der Waals surface area contributed by atoms with E-state index in [2.05, 4.69) is 4.74 Å². The largest absolute Gasteiger partial charge is 0.468 e. The second-order valence-corrected chi connectivity index (χ2v) is 3.49. The average Bonchev–Trinajstić information content (AvgIpc) is 2.28. The maximum Gasteiger partial charge on any atom is 0.322 e. The third-order valence-electron chi connectivity index (χ3n) is 2.31. The molecular formula is C11H13F2NO2. The second-order valence-electron chi connectivity index (χ2n) is 3.49. The van der Waals surface area contributed by atoms with Crippen molar-refractivity contribution >= 4 is 5.97 Å². The highest BCUT2D eigenvalue weighted by Gasteiger charge is 2.20. The van der Waals surface area contributed by atoms with Crippen LogP contribution in [0.2, 0.25) is 0 Å². The summed E-state index contributed by atoms with van der Waals surface area (Å²) < 4.78 is 31.2. The lowest BCUT2D eigenvalue weighted by Gasteiger charge is -2.11. The fourth-order valence-electron chi connectivity index (χ4n) is 1.36. The van der Waals surface area contributed by atoms with Crippen LogP contribution in [-0.2, 0) is 16.0 Å². The molecule has 0 spiro atoms. The monoisotopic (exact) mass is 229 g/mol. The van der Waals surface area contributed by atoms with Gasteiger partial charge in [-0.2, -0.15) is 0 Å². The van der Waals surface area contributed by atoms with Gasteiger partial charge in [0, 0.05) is 12.0 Å². The topological polar surface area (TPSA) is 52.3 Å². The van der Waals surface area contributed by atoms with Gasteiger partial charge in [0.05, 0.1) is 7.11 Å². The maximum atomic E-state index is 13.5. The highest BCUT2D eigenvalue weighted by Crippen LogP contribution is 2.17. The molecule has 88 valence electrons. The van der Waals surface area contributed by atoms with Crippen molar-refractivity contribution in [1.82, 2.24) is 0 Å². The third kappa shape index (κ3) is 2.55. The maximum absolute atomic E-state index is 13.5. The number of nitrogens with two attached hydrogens (primary N) is 1. The minimum absolute atomic E-state index is 0.182. The number of esters is 1. The first kappa shape index (κ1) is 12.6. The molecule has 1 atom stereocenters. The fourth-order valence-corrected chi connectivity index (χ4v) is 1.36. The molecule has 0 saturated heterocycles. The summed E-state index contributed by atoms with van der Waals surface area (Å²) in [6, 6.07) is 1.42. The van der Waals surface area contributed by atoms with Gasteiger partial charge in [0.2, 0.25) is 0 Å². The SMILES string of the molecule is COC(=O)[C@H](N)Cc1c(F)ccc(C)c1F. The Labute approximate surface area is 92.2 Å². The van der Waals surface area contributed by atoms with Crippen molar-refractivity contribution in [3.8, 4) is 0 Å². The van der Waals surface area contributed by atoms with Crippen LogP contribution in [0.1, 0.15) is 11.1 Å². The van der Waals surface area contributed by atoms with Gasteiger partial charge in [0.25, 0.3) is 0 Å². The highest BCUT2D eigenvalue weighted by molar-refractivity contribution is 5.75. The van der Waals surface area contributed by atoms with Gasteiger partial charge in [-0.3, -0.25) is 4.79 Å². The molecule has 16 heavy (non-hydrogen) atoms. The van der Waals surface area contributed by atoms with Gasteiger partial charge in [-0.05, 0) is 18.6 Å². The number of carbonyl (C=O) groups is 1. The summed E-state index contributed by atoms with van der Waals surface area (Å²) in [6.45, 7) is 1.52. The highest BCUT2D eigenvalue weighted by atomic mass is 19.1. The van der Waals surface area contributed by atoms with Crippen molar-refractivity contribution in [3.63, 3.8) is 0 Å². The van der Waals surface area contributed by atoms with Gasteiger partial charge < -0.3 is 10.5 Å². The van der Waals surface area contributed by atoms with Crippen molar-refractivity contribution in [3.05, 3.63) is 34.9 Å². The van der Waals surface area contributed by atoms with Gasteiger partial charge in [-0.1, -0.05) is 6.07 Å². The van der Waals surface area contributed by atoms with E-state index in [4.69, 9.17) is 5.73 Å². The van der Waals surface area contributed by atoms with E-state index in [0.29, 0.717) is 5.56 Å². The van der Waals surface area contributed by atoms with Crippen LogP contribution < -0.4 is 5.73 Å². The molecule has 0 radical (unpaired) electrons. The molecule has 3 nitrogen and oxygen atoms in total. The minimum Gasteiger partial charge on any atom is -0.468 e. The van der Waals surface area contributed by atoms with E-state index in [1.807, 2.05) is 0 Å². The Hall–Kier alpha value is -1.49. The average molecular weight is 229 g/mol. The smallest absolute Gasteiger partial charge is 0.322 e. The first-order valence-corrected chi connectivity index (χ1v) is 4.74. The molecule has 0 amide bonds. The number of methoxy groups -OCH3 is 1. The van der Waals surface area contributed by atoms with Crippen LogP contribution >= 0.6 is 0 Å². The van der Waals surface area contributed by atoms with Gasteiger partial charge in [0.15, 0.2) is 0 Å². The van der Waals surface area contributed by atoms with E-state index in [0.717, 1.165) is 6.07 Å². The first-order chi connectivity index (χ1) is 7.47. The van der Waals surface area contributed by atoms with Gasteiger partial charge in [-0.25, -0.2) is 8.78 Å². The Balaban J connectivity index is 2.97. The Kier molecular flexibility index (Phi) is 3.95. The van der Waals surface area contributed by atoms with Crippen LogP contribution in [0.5, 0.6) is 0 Å². The van der Waals surface area contributed by atoms with Gasteiger partial charge >= 0.3 is 5.97 Å². The molecule has 2 N–H and O–H groups in total. The molecule has 1 rings (SSSR count). The number of hydrogen-bond donors (Lipinski definition) is 1. The molecule has 5 heteroatoms. The van der Waals surface area contributed by atoms with Crippen LogP contribution in [-0.4, -0.2) is 19.1 Å². The van der Waals surface area contributed by atoms with E-state index < -0.39 is 23.6 Å². The number of rotatable bonds is 3. The Morgan fingerprint density at radius 1 is 1.50 bits per heavy atom. The minimum atomic E-state index is -1.06. The molecule has 0 aliphatic heterocycles. The number of hydrogen-bond acceptors (Lipinski definition) is 3. The van der Waals surface area contributed by atoms with Crippen LogP contribution in [0.4, 0.5) is 8.78 Å². The molecule has 0 unspecified atom stereocenters.